The van der Waals surface area contributed by atoms with Crippen LogP contribution in [0.25, 0.3) is 0 Å². The number of aliphatic carboxylic acids is 1. The van der Waals surface area contributed by atoms with Gasteiger partial charge in [0.05, 0.1) is 0 Å². The maximum atomic E-state index is 11.0. The molecule has 0 aromatic heterocycles. The maximum Gasteiger partial charge on any atom is 0.320 e. The van der Waals surface area contributed by atoms with Gasteiger partial charge >= 0.3 is 5.97 Å². The molecular formula is C10H17NO3. The van der Waals surface area contributed by atoms with E-state index in [1.165, 1.54) is 0 Å². The van der Waals surface area contributed by atoms with Gasteiger partial charge < -0.3 is 15.2 Å². The summed E-state index contributed by atoms with van der Waals surface area (Å²) in [7, 11) is 0. The average molecular weight is 199 g/mol. The Kier molecular flexibility index (Phi) is 3.03. The lowest BCUT2D eigenvalue weighted by atomic mass is 10.1. The topological polar surface area (TPSA) is 58.6 Å². The fourth-order valence-electron chi connectivity index (χ4n) is 1.96. The predicted molar refractivity (Wildman–Crippen MR) is 51.1 cm³/mol. The zero-order chi connectivity index (χ0) is 9.97. The molecule has 1 heterocycles. The number of carbonyl (C=O) groups is 1. The van der Waals surface area contributed by atoms with Gasteiger partial charge in [0.15, 0.2) is 0 Å². The van der Waals surface area contributed by atoms with Crippen LogP contribution in [-0.4, -0.2) is 36.4 Å². The first-order valence-corrected chi connectivity index (χ1v) is 5.34. The molecule has 1 aliphatic carbocycles. The summed E-state index contributed by atoms with van der Waals surface area (Å²) in [5.41, 5.74) is 0. The molecule has 1 saturated carbocycles. The second-order valence-electron chi connectivity index (χ2n) is 4.21. The van der Waals surface area contributed by atoms with Crippen LogP contribution in [0.15, 0.2) is 0 Å². The lowest BCUT2D eigenvalue weighted by Gasteiger charge is -2.26. The molecule has 1 saturated heterocycles. The van der Waals surface area contributed by atoms with Gasteiger partial charge in [0.2, 0.25) is 0 Å². The van der Waals surface area contributed by atoms with E-state index in [1.54, 1.807) is 0 Å². The van der Waals surface area contributed by atoms with Gasteiger partial charge in [-0.3, -0.25) is 4.79 Å². The van der Waals surface area contributed by atoms with Gasteiger partial charge in [0.1, 0.15) is 6.04 Å². The summed E-state index contributed by atoms with van der Waals surface area (Å²) in [5.74, 6) is -0.325. The highest BCUT2D eigenvalue weighted by atomic mass is 16.5. The van der Waals surface area contributed by atoms with E-state index < -0.39 is 5.97 Å². The van der Waals surface area contributed by atoms with E-state index in [9.17, 15) is 4.79 Å². The fraction of sp³-hybridized carbons (Fsp3) is 0.900. The molecule has 2 rings (SSSR count). The Labute approximate surface area is 83.6 Å². The standard InChI is InChI=1S/C10H17NO3/c12-10(13)9(7-1-2-7)11-8-3-5-14-6-4-8/h7-9,11H,1-6H2,(H,12,13). The third kappa shape index (κ3) is 2.45. The summed E-state index contributed by atoms with van der Waals surface area (Å²) >= 11 is 0. The number of ether oxygens (including phenoxy) is 1. The van der Waals surface area contributed by atoms with Crippen LogP contribution >= 0.6 is 0 Å². The number of hydrogen-bond acceptors (Lipinski definition) is 3. The first kappa shape index (κ1) is 9.93. The molecule has 2 aliphatic rings. The Bertz CT molecular complexity index is 209. The van der Waals surface area contributed by atoms with Crippen LogP contribution in [-0.2, 0) is 9.53 Å². The van der Waals surface area contributed by atoms with Gasteiger partial charge in [-0.2, -0.15) is 0 Å². The number of carboxylic acid groups (broad SMARTS) is 1. The zero-order valence-corrected chi connectivity index (χ0v) is 8.24. The van der Waals surface area contributed by atoms with Crippen LogP contribution in [0.3, 0.4) is 0 Å². The molecule has 80 valence electrons. The van der Waals surface area contributed by atoms with Crippen LogP contribution in [0.2, 0.25) is 0 Å². The first-order valence-electron chi connectivity index (χ1n) is 5.34. The molecule has 0 aromatic carbocycles. The second kappa shape index (κ2) is 4.28. The molecule has 0 spiro atoms. The minimum Gasteiger partial charge on any atom is -0.480 e. The van der Waals surface area contributed by atoms with Crippen molar-refractivity contribution in [3.63, 3.8) is 0 Å². The smallest absolute Gasteiger partial charge is 0.320 e. The van der Waals surface area contributed by atoms with Crippen molar-refractivity contribution >= 4 is 5.97 Å². The normalized spacial score (nSPS) is 26.0. The number of rotatable bonds is 4. The molecular weight excluding hydrogens is 182 g/mol. The van der Waals surface area contributed by atoms with Crippen molar-refractivity contribution in [2.24, 2.45) is 5.92 Å². The van der Waals surface area contributed by atoms with E-state index in [1.807, 2.05) is 0 Å². The van der Waals surface area contributed by atoms with E-state index >= 15 is 0 Å². The van der Waals surface area contributed by atoms with Crippen LogP contribution in [0, 0.1) is 5.92 Å². The zero-order valence-electron chi connectivity index (χ0n) is 8.24. The Hall–Kier alpha value is -0.610. The van der Waals surface area contributed by atoms with E-state index in [4.69, 9.17) is 9.84 Å². The molecule has 0 radical (unpaired) electrons. The minimum absolute atomic E-state index is 0.321. The fourth-order valence-corrected chi connectivity index (χ4v) is 1.96. The SMILES string of the molecule is O=C(O)C(NC1CCOCC1)C1CC1. The highest BCUT2D eigenvalue weighted by Crippen LogP contribution is 2.33. The molecule has 0 bridgehead atoms. The average Bonchev–Trinajstić information content (AvgIpc) is 2.99. The molecule has 0 aromatic rings. The van der Waals surface area contributed by atoms with Crippen LogP contribution in [0.5, 0.6) is 0 Å². The van der Waals surface area contributed by atoms with Crippen molar-refractivity contribution < 1.29 is 14.6 Å². The maximum absolute atomic E-state index is 11.0. The summed E-state index contributed by atoms with van der Waals surface area (Å²) in [4.78, 5) is 11.0. The van der Waals surface area contributed by atoms with E-state index in [0.29, 0.717) is 12.0 Å². The Balaban J connectivity index is 1.82. The molecule has 2 fully saturated rings. The van der Waals surface area contributed by atoms with Gasteiger partial charge in [-0.25, -0.2) is 0 Å². The molecule has 1 unspecified atom stereocenters. The van der Waals surface area contributed by atoms with Crippen LogP contribution in [0.4, 0.5) is 0 Å². The lowest BCUT2D eigenvalue weighted by Crippen LogP contribution is -2.46. The third-order valence-corrected chi connectivity index (χ3v) is 3.00. The number of carboxylic acids is 1. The number of nitrogens with one attached hydrogen (secondary N) is 1. The molecule has 0 amide bonds. The van der Waals surface area contributed by atoms with Gasteiger partial charge in [-0.05, 0) is 31.6 Å². The predicted octanol–water partition coefficient (Wildman–Crippen LogP) is 0.618. The van der Waals surface area contributed by atoms with Crippen molar-refractivity contribution in [3.8, 4) is 0 Å². The molecule has 14 heavy (non-hydrogen) atoms. The number of hydrogen-bond donors (Lipinski definition) is 2. The van der Waals surface area contributed by atoms with Gasteiger partial charge in [-0.15, -0.1) is 0 Å². The monoisotopic (exact) mass is 199 g/mol. The third-order valence-electron chi connectivity index (χ3n) is 3.00. The van der Waals surface area contributed by atoms with Crippen LogP contribution in [0.1, 0.15) is 25.7 Å². The Morgan fingerprint density at radius 1 is 1.29 bits per heavy atom. The van der Waals surface area contributed by atoms with Crippen molar-refractivity contribution in [2.75, 3.05) is 13.2 Å². The Morgan fingerprint density at radius 3 is 2.43 bits per heavy atom. The van der Waals surface area contributed by atoms with Crippen molar-refractivity contribution in [3.05, 3.63) is 0 Å². The van der Waals surface area contributed by atoms with E-state index in [0.717, 1.165) is 38.9 Å². The lowest BCUT2D eigenvalue weighted by molar-refractivity contribution is -0.140. The van der Waals surface area contributed by atoms with Gasteiger partial charge in [-0.1, -0.05) is 0 Å². The van der Waals surface area contributed by atoms with E-state index in [2.05, 4.69) is 5.32 Å². The largest absolute Gasteiger partial charge is 0.480 e. The van der Waals surface area contributed by atoms with Gasteiger partial charge in [0.25, 0.3) is 0 Å². The summed E-state index contributed by atoms with van der Waals surface area (Å²) in [6.07, 6.45) is 4.01. The quantitative estimate of drug-likeness (QED) is 0.696. The Morgan fingerprint density at radius 2 is 1.93 bits per heavy atom. The highest BCUT2D eigenvalue weighted by molar-refractivity contribution is 5.74. The summed E-state index contributed by atoms with van der Waals surface area (Å²) in [6.45, 7) is 1.52. The van der Waals surface area contributed by atoms with Crippen molar-refractivity contribution in [1.29, 1.82) is 0 Å². The molecule has 1 atom stereocenters. The summed E-state index contributed by atoms with van der Waals surface area (Å²) < 4.78 is 5.23. The highest BCUT2D eigenvalue weighted by Gasteiger charge is 2.37. The van der Waals surface area contributed by atoms with Gasteiger partial charge in [0, 0.05) is 19.3 Å². The summed E-state index contributed by atoms with van der Waals surface area (Å²) in [5, 5.41) is 12.3. The second-order valence-corrected chi connectivity index (χ2v) is 4.21. The first-order chi connectivity index (χ1) is 6.77. The van der Waals surface area contributed by atoms with E-state index in [-0.39, 0.29) is 6.04 Å². The van der Waals surface area contributed by atoms with Crippen molar-refractivity contribution in [2.45, 2.75) is 37.8 Å². The molecule has 1 aliphatic heterocycles. The van der Waals surface area contributed by atoms with Crippen molar-refractivity contribution in [1.82, 2.24) is 5.32 Å². The summed E-state index contributed by atoms with van der Waals surface area (Å²) in [6, 6.07) is 0.0172. The molecule has 4 heteroatoms. The molecule has 4 nitrogen and oxygen atoms in total. The minimum atomic E-state index is -0.695. The molecule has 2 N–H and O–H groups in total. The van der Waals surface area contributed by atoms with Crippen LogP contribution < -0.4 is 5.32 Å².